The Bertz CT molecular complexity index is 509. The molecule has 9 nitrogen and oxygen atoms in total. The fourth-order valence-electron chi connectivity index (χ4n) is 3.16. The molecule has 2 rings (SSSR count). The maximum absolute atomic E-state index is 12.2. The Morgan fingerprint density at radius 1 is 1.00 bits per heavy atom. The van der Waals surface area contributed by atoms with Crippen LogP contribution in [0.5, 0.6) is 0 Å². The molecule has 0 saturated carbocycles. The Morgan fingerprint density at radius 2 is 1.57 bits per heavy atom. The van der Waals surface area contributed by atoms with Crippen molar-refractivity contribution in [2.45, 2.75) is 37.8 Å². The van der Waals surface area contributed by atoms with Crippen molar-refractivity contribution in [3.05, 3.63) is 0 Å². The van der Waals surface area contributed by atoms with Crippen LogP contribution in [0, 0.1) is 0 Å². The highest BCUT2D eigenvalue weighted by molar-refractivity contribution is 5.92. The van der Waals surface area contributed by atoms with E-state index in [0.717, 1.165) is 0 Å². The van der Waals surface area contributed by atoms with Crippen molar-refractivity contribution in [2.24, 2.45) is 5.73 Å². The zero-order chi connectivity index (χ0) is 17.0. The first-order valence-corrected chi connectivity index (χ1v) is 7.75. The van der Waals surface area contributed by atoms with Gasteiger partial charge in [-0.15, -0.1) is 0 Å². The molecule has 2 saturated heterocycles. The molecule has 23 heavy (non-hydrogen) atoms. The molecule has 2 aliphatic rings. The van der Waals surface area contributed by atoms with Gasteiger partial charge in [0.2, 0.25) is 17.7 Å². The van der Waals surface area contributed by atoms with E-state index in [-0.39, 0.29) is 19.0 Å². The predicted molar refractivity (Wildman–Crippen MR) is 79.2 cm³/mol. The van der Waals surface area contributed by atoms with E-state index in [4.69, 9.17) is 10.8 Å². The Kier molecular flexibility index (Phi) is 5.54. The average molecular weight is 326 g/mol. The predicted octanol–water partition coefficient (Wildman–Crippen LogP) is -1.87. The Morgan fingerprint density at radius 3 is 2.13 bits per heavy atom. The number of aliphatic carboxylic acids is 1. The SMILES string of the molecule is NCC(=O)N1CCCC1C(=O)NCC(=O)N1CCCC1C(=O)O. The molecular weight excluding hydrogens is 304 g/mol. The van der Waals surface area contributed by atoms with Crippen molar-refractivity contribution >= 4 is 23.7 Å². The third-order valence-corrected chi connectivity index (χ3v) is 4.32. The van der Waals surface area contributed by atoms with Crippen molar-refractivity contribution in [1.82, 2.24) is 15.1 Å². The van der Waals surface area contributed by atoms with Crippen LogP contribution in [0.3, 0.4) is 0 Å². The minimum atomic E-state index is -1.03. The van der Waals surface area contributed by atoms with Crippen LogP contribution in [0.25, 0.3) is 0 Å². The molecule has 2 unspecified atom stereocenters. The van der Waals surface area contributed by atoms with E-state index in [2.05, 4.69) is 5.32 Å². The average Bonchev–Trinajstić information content (AvgIpc) is 3.19. The second-order valence-electron chi connectivity index (χ2n) is 5.75. The van der Waals surface area contributed by atoms with Gasteiger partial charge in [0.25, 0.3) is 0 Å². The Labute approximate surface area is 133 Å². The quantitative estimate of drug-likeness (QED) is 0.542. The summed E-state index contributed by atoms with van der Waals surface area (Å²) >= 11 is 0. The molecule has 0 spiro atoms. The summed E-state index contributed by atoms with van der Waals surface area (Å²) in [5, 5.41) is 11.6. The molecule has 4 N–H and O–H groups in total. The summed E-state index contributed by atoms with van der Waals surface area (Å²) in [5.74, 6) is -2.14. The zero-order valence-electron chi connectivity index (χ0n) is 12.9. The van der Waals surface area contributed by atoms with Crippen LogP contribution in [0.4, 0.5) is 0 Å². The topological polar surface area (TPSA) is 133 Å². The molecule has 2 fully saturated rings. The lowest BCUT2D eigenvalue weighted by molar-refractivity contribution is -0.148. The molecule has 3 amide bonds. The van der Waals surface area contributed by atoms with Crippen molar-refractivity contribution in [1.29, 1.82) is 0 Å². The molecule has 0 aliphatic carbocycles. The molecule has 2 aliphatic heterocycles. The van der Waals surface area contributed by atoms with Crippen LogP contribution in [0.1, 0.15) is 25.7 Å². The number of rotatable bonds is 5. The van der Waals surface area contributed by atoms with Gasteiger partial charge in [-0.2, -0.15) is 0 Å². The maximum Gasteiger partial charge on any atom is 0.326 e. The number of nitrogens with zero attached hydrogens (tertiary/aromatic N) is 2. The van der Waals surface area contributed by atoms with Crippen molar-refractivity contribution in [3.63, 3.8) is 0 Å². The second kappa shape index (κ2) is 7.40. The van der Waals surface area contributed by atoms with Crippen LogP contribution in [0.15, 0.2) is 0 Å². The molecule has 2 atom stereocenters. The minimum Gasteiger partial charge on any atom is -0.480 e. The van der Waals surface area contributed by atoms with E-state index >= 15 is 0 Å². The van der Waals surface area contributed by atoms with E-state index in [9.17, 15) is 19.2 Å². The van der Waals surface area contributed by atoms with Gasteiger partial charge >= 0.3 is 5.97 Å². The lowest BCUT2D eigenvalue weighted by Crippen LogP contribution is -2.51. The van der Waals surface area contributed by atoms with E-state index in [1.54, 1.807) is 0 Å². The number of nitrogens with one attached hydrogen (secondary N) is 1. The highest BCUT2D eigenvalue weighted by atomic mass is 16.4. The summed E-state index contributed by atoms with van der Waals surface area (Å²) in [7, 11) is 0. The molecule has 0 radical (unpaired) electrons. The Hall–Kier alpha value is -2.16. The highest BCUT2D eigenvalue weighted by Crippen LogP contribution is 2.18. The molecule has 0 aromatic heterocycles. The zero-order valence-corrected chi connectivity index (χ0v) is 12.9. The van der Waals surface area contributed by atoms with Crippen LogP contribution < -0.4 is 11.1 Å². The van der Waals surface area contributed by atoms with Gasteiger partial charge in [-0.25, -0.2) is 4.79 Å². The van der Waals surface area contributed by atoms with Gasteiger partial charge in [-0.3, -0.25) is 14.4 Å². The van der Waals surface area contributed by atoms with Gasteiger partial charge in [0, 0.05) is 13.1 Å². The molecule has 0 bridgehead atoms. The van der Waals surface area contributed by atoms with E-state index in [0.29, 0.717) is 38.8 Å². The summed E-state index contributed by atoms with van der Waals surface area (Å²) in [6, 6.07) is -1.42. The number of carbonyl (C=O) groups excluding carboxylic acids is 3. The fourth-order valence-corrected chi connectivity index (χ4v) is 3.16. The third kappa shape index (κ3) is 3.79. The van der Waals surface area contributed by atoms with E-state index in [1.165, 1.54) is 9.80 Å². The second-order valence-corrected chi connectivity index (χ2v) is 5.75. The lowest BCUT2D eigenvalue weighted by Gasteiger charge is -2.25. The lowest BCUT2D eigenvalue weighted by atomic mass is 10.2. The number of nitrogens with two attached hydrogens (primary N) is 1. The van der Waals surface area contributed by atoms with Crippen molar-refractivity contribution in [2.75, 3.05) is 26.2 Å². The number of likely N-dealkylation sites (tertiary alicyclic amines) is 2. The minimum absolute atomic E-state index is 0.156. The summed E-state index contributed by atoms with van der Waals surface area (Å²) in [4.78, 5) is 49.7. The number of amides is 3. The number of hydrogen-bond acceptors (Lipinski definition) is 5. The number of carboxylic acid groups (broad SMARTS) is 1. The van der Waals surface area contributed by atoms with Crippen LogP contribution in [-0.2, 0) is 19.2 Å². The number of carbonyl (C=O) groups is 4. The van der Waals surface area contributed by atoms with Gasteiger partial charge < -0.3 is 26.0 Å². The van der Waals surface area contributed by atoms with E-state index < -0.39 is 29.9 Å². The first-order valence-electron chi connectivity index (χ1n) is 7.75. The van der Waals surface area contributed by atoms with Crippen LogP contribution in [-0.4, -0.2) is 76.9 Å². The van der Waals surface area contributed by atoms with E-state index in [1.807, 2.05) is 0 Å². The summed E-state index contributed by atoms with van der Waals surface area (Å²) in [6.45, 7) is 0.447. The number of hydrogen-bond donors (Lipinski definition) is 3. The van der Waals surface area contributed by atoms with Gasteiger partial charge in [0.15, 0.2) is 0 Å². The smallest absolute Gasteiger partial charge is 0.326 e. The number of carboxylic acids is 1. The van der Waals surface area contributed by atoms with Gasteiger partial charge in [0.1, 0.15) is 12.1 Å². The van der Waals surface area contributed by atoms with Gasteiger partial charge in [0.05, 0.1) is 13.1 Å². The first-order chi connectivity index (χ1) is 11.0. The summed E-state index contributed by atoms with van der Waals surface area (Å²) in [5.41, 5.74) is 5.32. The molecule has 2 heterocycles. The first kappa shape index (κ1) is 17.2. The fraction of sp³-hybridized carbons (Fsp3) is 0.714. The molecule has 9 heteroatoms. The van der Waals surface area contributed by atoms with Crippen molar-refractivity contribution < 1.29 is 24.3 Å². The molecule has 0 aromatic rings. The van der Waals surface area contributed by atoms with Crippen LogP contribution in [0.2, 0.25) is 0 Å². The molecular formula is C14H22N4O5. The van der Waals surface area contributed by atoms with Crippen molar-refractivity contribution in [3.8, 4) is 0 Å². The largest absolute Gasteiger partial charge is 0.480 e. The third-order valence-electron chi connectivity index (χ3n) is 4.32. The maximum atomic E-state index is 12.2. The van der Waals surface area contributed by atoms with Crippen LogP contribution >= 0.6 is 0 Å². The van der Waals surface area contributed by atoms with Gasteiger partial charge in [-0.1, -0.05) is 0 Å². The summed E-state index contributed by atoms with van der Waals surface area (Å²) in [6.07, 6.45) is 2.31. The highest BCUT2D eigenvalue weighted by Gasteiger charge is 2.36. The molecule has 0 aromatic carbocycles. The Balaban J connectivity index is 1.87. The van der Waals surface area contributed by atoms with Gasteiger partial charge in [-0.05, 0) is 25.7 Å². The summed E-state index contributed by atoms with van der Waals surface area (Å²) < 4.78 is 0. The normalized spacial score (nSPS) is 23.9. The monoisotopic (exact) mass is 326 g/mol. The standard InChI is InChI=1S/C14H22N4O5/c15-7-11(19)17-5-1-3-9(17)13(21)16-8-12(20)18-6-2-4-10(18)14(22)23/h9-10H,1-8,15H2,(H,16,21)(H,22,23). The molecule has 128 valence electrons.